The Labute approximate surface area is 38.5 Å². The van der Waals surface area contributed by atoms with Gasteiger partial charge in [0.15, 0.2) is 5.78 Å². The van der Waals surface area contributed by atoms with Gasteiger partial charge in [0.1, 0.15) is 6.58 Å². The van der Waals surface area contributed by atoms with Crippen LogP contribution in [0.2, 0.25) is 0 Å². The lowest BCUT2D eigenvalue weighted by atomic mass is 10.5. The quantitative estimate of drug-likeness (QED) is 0.483. The molecule has 6 heavy (non-hydrogen) atoms. The summed E-state index contributed by atoms with van der Waals surface area (Å²) in [7, 11) is 1.33. The van der Waals surface area contributed by atoms with Crippen molar-refractivity contribution in [2.75, 3.05) is 13.7 Å². The Bertz CT molecular complexity index is 72.1. The summed E-state index contributed by atoms with van der Waals surface area (Å²) in [5.41, 5.74) is 0. The fraction of sp³-hybridized carbons (Fsp3) is 0.750. The molecule has 0 N–H and O–H groups in total. The van der Waals surface area contributed by atoms with Crippen LogP contribution in [0, 0.1) is 0 Å². The molecule has 2 heteroatoms. The molecule has 1 atom stereocenters. The molecule has 0 saturated heterocycles. The molecule has 0 aliphatic heterocycles. The number of ether oxygens (including phenoxy) is 1. The number of methoxy groups -OCH3 is 1. The van der Waals surface area contributed by atoms with Gasteiger partial charge in [0.05, 0.1) is 1.37 Å². The van der Waals surface area contributed by atoms with E-state index in [1.807, 2.05) is 0 Å². The monoisotopic (exact) mass is 89.1 g/mol. The van der Waals surface area contributed by atoms with Crippen LogP contribution in [-0.2, 0) is 9.53 Å². The maximum absolute atomic E-state index is 10.1. The summed E-state index contributed by atoms with van der Waals surface area (Å²) in [4.78, 5) is 10.1. The highest BCUT2D eigenvalue weighted by molar-refractivity contribution is 5.76. The molecule has 36 valence electrons. The summed E-state index contributed by atoms with van der Waals surface area (Å²) in [6.07, 6.45) is 0. The van der Waals surface area contributed by atoms with E-state index in [4.69, 9.17) is 1.37 Å². The zero-order valence-electron chi connectivity index (χ0n) is 4.89. The third-order valence-electron chi connectivity index (χ3n) is 0.284. The van der Waals surface area contributed by atoms with Crippen molar-refractivity contribution in [3.8, 4) is 0 Å². The minimum Gasteiger partial charge on any atom is -0.377 e. The van der Waals surface area contributed by atoms with E-state index in [0.717, 1.165) is 0 Å². The van der Waals surface area contributed by atoms with Crippen LogP contribution in [0.25, 0.3) is 0 Å². The van der Waals surface area contributed by atoms with Gasteiger partial charge in [-0.05, 0) is 6.92 Å². The van der Waals surface area contributed by atoms with Crippen molar-refractivity contribution in [2.45, 2.75) is 6.92 Å². The minimum absolute atomic E-state index is 0.262. The molecule has 0 aromatic heterocycles. The molecule has 0 radical (unpaired) electrons. The number of hydrogen-bond donors (Lipinski definition) is 0. The fourth-order valence-corrected chi connectivity index (χ4v) is 0.166. The van der Waals surface area contributed by atoms with Gasteiger partial charge in [0.25, 0.3) is 0 Å². The van der Waals surface area contributed by atoms with Crippen molar-refractivity contribution < 1.29 is 10.9 Å². The molecule has 0 aliphatic carbocycles. The zero-order valence-corrected chi connectivity index (χ0v) is 3.89. The number of ketones is 1. The first-order chi connectivity index (χ1) is 3.18. The van der Waals surface area contributed by atoms with Crippen LogP contribution in [0.4, 0.5) is 0 Å². The largest absolute Gasteiger partial charge is 0.377 e. The van der Waals surface area contributed by atoms with Crippen LogP contribution in [-0.4, -0.2) is 19.5 Å². The van der Waals surface area contributed by atoms with Crippen LogP contribution in [0.5, 0.6) is 0 Å². The third-order valence-corrected chi connectivity index (χ3v) is 0.284. The topological polar surface area (TPSA) is 26.3 Å². The molecule has 0 aromatic carbocycles. The Balaban J connectivity index is 3.34. The molecule has 0 rings (SSSR count). The SMILES string of the molecule is [2H]C(OC)C(C)=O. The van der Waals surface area contributed by atoms with E-state index in [9.17, 15) is 4.79 Å². The molecule has 0 fully saturated rings. The Hall–Kier alpha value is -0.370. The molecule has 0 amide bonds. The minimum atomic E-state index is -0.986. The second kappa shape index (κ2) is 2.85. The predicted molar refractivity (Wildman–Crippen MR) is 22.6 cm³/mol. The number of Topliss-reactive ketones (excluding diaryl/α,β-unsaturated/α-hetero) is 1. The van der Waals surface area contributed by atoms with Crippen molar-refractivity contribution in [1.82, 2.24) is 0 Å². The summed E-state index contributed by atoms with van der Waals surface area (Å²) in [5, 5.41) is 0. The van der Waals surface area contributed by atoms with E-state index in [1.54, 1.807) is 0 Å². The molecule has 0 bridgehead atoms. The van der Waals surface area contributed by atoms with Gasteiger partial charge in [-0.2, -0.15) is 0 Å². The Morgan fingerprint density at radius 3 is 2.67 bits per heavy atom. The van der Waals surface area contributed by atoms with Crippen molar-refractivity contribution in [1.29, 1.82) is 0 Å². The van der Waals surface area contributed by atoms with Crippen molar-refractivity contribution in [2.24, 2.45) is 0 Å². The molecular formula is C4H8O2. The van der Waals surface area contributed by atoms with Crippen LogP contribution >= 0.6 is 0 Å². The highest BCUT2D eigenvalue weighted by Crippen LogP contribution is 1.65. The molecule has 0 spiro atoms. The van der Waals surface area contributed by atoms with Gasteiger partial charge in [-0.25, -0.2) is 0 Å². The number of hydrogen-bond acceptors (Lipinski definition) is 2. The van der Waals surface area contributed by atoms with Gasteiger partial charge >= 0.3 is 0 Å². The summed E-state index contributed by atoms with van der Waals surface area (Å²) >= 11 is 0. The van der Waals surface area contributed by atoms with Crippen molar-refractivity contribution in [3.05, 3.63) is 0 Å². The second-order valence-electron chi connectivity index (χ2n) is 0.964. The Kier molecular flexibility index (Phi) is 1.81. The van der Waals surface area contributed by atoms with E-state index in [0.29, 0.717) is 0 Å². The first-order valence-electron chi connectivity index (χ1n) is 2.21. The van der Waals surface area contributed by atoms with Gasteiger partial charge in [0, 0.05) is 7.11 Å². The normalized spacial score (nSPS) is 16.0. The first-order valence-corrected chi connectivity index (χ1v) is 1.64. The zero-order chi connectivity index (χ0) is 5.86. The molecule has 0 saturated carbocycles. The number of carbonyl (C=O) groups is 1. The van der Waals surface area contributed by atoms with Crippen LogP contribution in [0.3, 0.4) is 0 Å². The standard InChI is InChI=1S/C4H8O2/c1-4(5)3-6-2/h3H2,1-2H3/i3D. The Morgan fingerprint density at radius 1 is 2.17 bits per heavy atom. The van der Waals surface area contributed by atoms with E-state index in [1.165, 1.54) is 14.0 Å². The van der Waals surface area contributed by atoms with E-state index in [2.05, 4.69) is 4.74 Å². The average Bonchev–Trinajstić information content (AvgIpc) is 1.65. The van der Waals surface area contributed by atoms with Crippen molar-refractivity contribution >= 4 is 5.78 Å². The van der Waals surface area contributed by atoms with Gasteiger partial charge in [-0.15, -0.1) is 0 Å². The molecule has 0 heterocycles. The molecule has 0 aliphatic rings. The molecule has 2 nitrogen and oxygen atoms in total. The molecule has 0 aromatic rings. The third kappa shape index (κ3) is 3.63. The van der Waals surface area contributed by atoms with Gasteiger partial charge in [-0.3, -0.25) is 4.79 Å². The highest BCUT2D eigenvalue weighted by Gasteiger charge is 1.83. The molecule has 1 unspecified atom stereocenters. The summed E-state index contributed by atoms with van der Waals surface area (Å²) in [5.74, 6) is -0.262. The maximum Gasteiger partial charge on any atom is 0.155 e. The lowest BCUT2D eigenvalue weighted by molar-refractivity contribution is -0.120. The second-order valence-corrected chi connectivity index (χ2v) is 0.964. The summed E-state index contributed by atoms with van der Waals surface area (Å²) in [6.45, 7) is 0.334. The van der Waals surface area contributed by atoms with E-state index >= 15 is 0 Å². The summed E-state index contributed by atoms with van der Waals surface area (Å²) < 4.78 is 11.0. The lowest BCUT2D eigenvalue weighted by Crippen LogP contribution is -1.98. The van der Waals surface area contributed by atoms with Crippen LogP contribution in [0.15, 0.2) is 0 Å². The van der Waals surface area contributed by atoms with Crippen LogP contribution < -0.4 is 0 Å². The smallest absolute Gasteiger partial charge is 0.155 e. The fourth-order valence-electron chi connectivity index (χ4n) is 0.166. The highest BCUT2D eigenvalue weighted by atomic mass is 16.5. The van der Waals surface area contributed by atoms with Crippen molar-refractivity contribution in [3.63, 3.8) is 0 Å². The van der Waals surface area contributed by atoms with Gasteiger partial charge in [-0.1, -0.05) is 0 Å². The predicted octanol–water partition coefficient (Wildman–Crippen LogP) is 0.222. The lowest BCUT2D eigenvalue weighted by Gasteiger charge is -1.84. The summed E-state index contributed by atoms with van der Waals surface area (Å²) in [6, 6.07) is 0. The van der Waals surface area contributed by atoms with Gasteiger partial charge in [0.2, 0.25) is 0 Å². The first kappa shape index (κ1) is 3.81. The van der Waals surface area contributed by atoms with E-state index in [-0.39, 0.29) is 5.78 Å². The molecular weight excluding hydrogens is 80.0 g/mol. The maximum atomic E-state index is 10.1. The van der Waals surface area contributed by atoms with Gasteiger partial charge < -0.3 is 4.74 Å². The van der Waals surface area contributed by atoms with E-state index < -0.39 is 6.58 Å². The number of rotatable bonds is 2. The average molecular weight is 89.1 g/mol. The van der Waals surface area contributed by atoms with Crippen LogP contribution in [0.1, 0.15) is 8.29 Å². The Morgan fingerprint density at radius 2 is 2.67 bits per heavy atom. The number of carbonyl (C=O) groups excluding carboxylic acids is 1.